The van der Waals surface area contributed by atoms with Crippen molar-refractivity contribution >= 4 is 27.5 Å². The van der Waals surface area contributed by atoms with E-state index in [4.69, 9.17) is 11.6 Å². The number of rotatable bonds is 3. The highest BCUT2D eigenvalue weighted by atomic mass is 35.5. The van der Waals surface area contributed by atoms with Crippen LogP contribution in [0, 0.1) is 11.8 Å². The lowest BCUT2D eigenvalue weighted by molar-refractivity contribution is 0.0623. The van der Waals surface area contributed by atoms with Gasteiger partial charge in [0.1, 0.15) is 0 Å². The molecule has 2 aliphatic rings. The molecule has 7 heteroatoms. The third-order valence-corrected chi connectivity index (χ3v) is 7.50. The Balaban J connectivity index is 1.89. The van der Waals surface area contributed by atoms with Crippen LogP contribution in [0.15, 0.2) is 23.1 Å². The van der Waals surface area contributed by atoms with Crippen molar-refractivity contribution in [1.82, 2.24) is 9.21 Å². The summed E-state index contributed by atoms with van der Waals surface area (Å²) in [7, 11) is -3.58. The summed E-state index contributed by atoms with van der Waals surface area (Å²) in [5.74, 6) is 0.688. The van der Waals surface area contributed by atoms with Gasteiger partial charge in [0.05, 0.1) is 15.5 Å². The predicted molar refractivity (Wildman–Crippen MR) is 103 cm³/mol. The minimum atomic E-state index is -3.58. The first kappa shape index (κ1) is 19.6. The summed E-state index contributed by atoms with van der Waals surface area (Å²) in [6, 6.07) is 4.49. The molecule has 2 saturated heterocycles. The van der Waals surface area contributed by atoms with E-state index in [9.17, 15) is 13.2 Å². The number of hydrogen-bond acceptors (Lipinski definition) is 3. The SMILES string of the molecule is C[C@@H]1C[C@@H](C)CN(C(=O)c2cc(S(=O)(=O)N3CCCCC3)ccc2Cl)C1. The highest BCUT2D eigenvalue weighted by Crippen LogP contribution is 2.28. The van der Waals surface area contributed by atoms with Gasteiger partial charge in [-0.3, -0.25) is 4.79 Å². The van der Waals surface area contributed by atoms with Gasteiger partial charge < -0.3 is 4.90 Å². The summed E-state index contributed by atoms with van der Waals surface area (Å²) < 4.78 is 27.3. The van der Waals surface area contributed by atoms with Crippen molar-refractivity contribution in [2.24, 2.45) is 11.8 Å². The average Bonchev–Trinajstić information content (AvgIpc) is 2.61. The number of carbonyl (C=O) groups excluding carboxylic acids is 1. The summed E-state index contributed by atoms with van der Waals surface area (Å²) in [6.45, 7) is 6.71. The van der Waals surface area contributed by atoms with Crippen LogP contribution in [0.1, 0.15) is 49.9 Å². The van der Waals surface area contributed by atoms with Crippen LogP contribution >= 0.6 is 11.6 Å². The molecule has 0 aliphatic carbocycles. The van der Waals surface area contributed by atoms with Gasteiger partial charge in [-0.05, 0) is 49.3 Å². The number of piperidine rings is 2. The minimum absolute atomic E-state index is 0.158. The number of likely N-dealkylation sites (tertiary alicyclic amines) is 1. The first-order chi connectivity index (χ1) is 12.3. The van der Waals surface area contributed by atoms with Crippen molar-refractivity contribution in [3.8, 4) is 0 Å². The molecule has 0 radical (unpaired) electrons. The number of nitrogens with zero attached hydrogens (tertiary/aromatic N) is 2. The molecule has 0 unspecified atom stereocenters. The fraction of sp³-hybridized carbons (Fsp3) is 0.632. The van der Waals surface area contributed by atoms with E-state index < -0.39 is 10.0 Å². The van der Waals surface area contributed by atoms with Crippen LogP contribution < -0.4 is 0 Å². The lowest BCUT2D eigenvalue weighted by Gasteiger charge is -2.35. The Morgan fingerprint density at radius 1 is 1.08 bits per heavy atom. The zero-order valence-electron chi connectivity index (χ0n) is 15.4. The molecule has 3 rings (SSSR count). The Morgan fingerprint density at radius 2 is 1.69 bits per heavy atom. The molecule has 0 saturated carbocycles. The second-order valence-corrected chi connectivity index (χ2v) is 10.1. The molecule has 2 fully saturated rings. The molecule has 0 bridgehead atoms. The maximum Gasteiger partial charge on any atom is 0.255 e. The summed E-state index contributed by atoms with van der Waals surface area (Å²) in [6.07, 6.45) is 3.91. The number of benzene rings is 1. The van der Waals surface area contributed by atoms with Gasteiger partial charge in [0.2, 0.25) is 10.0 Å². The Labute approximate surface area is 161 Å². The highest BCUT2D eigenvalue weighted by Gasteiger charge is 2.30. The Morgan fingerprint density at radius 3 is 2.31 bits per heavy atom. The van der Waals surface area contributed by atoms with Crippen LogP contribution in [-0.2, 0) is 10.0 Å². The summed E-state index contributed by atoms with van der Waals surface area (Å²) in [5.41, 5.74) is 0.283. The van der Waals surface area contributed by atoms with Gasteiger partial charge in [0.15, 0.2) is 0 Å². The van der Waals surface area contributed by atoms with E-state index in [-0.39, 0.29) is 16.4 Å². The Hall–Kier alpha value is -1.11. The van der Waals surface area contributed by atoms with Crippen LogP contribution in [0.2, 0.25) is 5.02 Å². The molecule has 1 amide bonds. The molecule has 2 atom stereocenters. The third-order valence-electron chi connectivity index (χ3n) is 5.28. The van der Waals surface area contributed by atoms with Gasteiger partial charge in [-0.2, -0.15) is 4.31 Å². The Kier molecular flexibility index (Phi) is 5.94. The molecule has 0 N–H and O–H groups in total. The fourth-order valence-electron chi connectivity index (χ4n) is 4.08. The van der Waals surface area contributed by atoms with Crippen molar-refractivity contribution in [3.63, 3.8) is 0 Å². The maximum atomic E-state index is 13.0. The van der Waals surface area contributed by atoms with E-state index in [1.165, 1.54) is 22.5 Å². The largest absolute Gasteiger partial charge is 0.338 e. The van der Waals surface area contributed by atoms with Gasteiger partial charge >= 0.3 is 0 Å². The van der Waals surface area contributed by atoms with E-state index in [1.54, 1.807) is 4.90 Å². The lowest BCUT2D eigenvalue weighted by atomic mass is 9.91. The van der Waals surface area contributed by atoms with E-state index >= 15 is 0 Å². The Bertz CT molecular complexity index is 765. The van der Waals surface area contributed by atoms with E-state index in [1.807, 2.05) is 0 Å². The molecule has 26 heavy (non-hydrogen) atoms. The lowest BCUT2D eigenvalue weighted by Crippen LogP contribution is -2.42. The first-order valence-corrected chi connectivity index (χ1v) is 11.2. The first-order valence-electron chi connectivity index (χ1n) is 9.38. The third kappa shape index (κ3) is 4.07. The maximum absolute atomic E-state index is 13.0. The minimum Gasteiger partial charge on any atom is -0.338 e. The molecule has 2 aliphatic heterocycles. The number of amides is 1. The van der Waals surface area contributed by atoms with Crippen LogP contribution in [0.4, 0.5) is 0 Å². The van der Waals surface area contributed by atoms with E-state index in [0.717, 1.165) is 25.7 Å². The van der Waals surface area contributed by atoms with Gasteiger partial charge in [-0.25, -0.2) is 8.42 Å². The second kappa shape index (κ2) is 7.87. The van der Waals surface area contributed by atoms with E-state index in [0.29, 0.717) is 43.0 Å². The quantitative estimate of drug-likeness (QED) is 0.781. The molecule has 5 nitrogen and oxygen atoms in total. The average molecular weight is 399 g/mol. The molecule has 1 aromatic carbocycles. The van der Waals surface area contributed by atoms with Gasteiger partial charge in [-0.15, -0.1) is 0 Å². The molecular formula is C19H27ClN2O3S. The number of halogens is 1. The van der Waals surface area contributed by atoms with Gasteiger partial charge in [-0.1, -0.05) is 31.9 Å². The number of hydrogen-bond donors (Lipinski definition) is 0. The standard InChI is InChI=1S/C19H27ClN2O3S/c1-14-10-15(2)13-21(12-14)19(23)17-11-16(6-7-18(17)20)26(24,25)22-8-4-3-5-9-22/h6-7,11,14-15H,3-5,8-10,12-13H2,1-2H3/t14-,15-/m1/s1. The second-order valence-electron chi connectivity index (χ2n) is 7.76. The molecule has 0 spiro atoms. The normalized spacial score (nSPS) is 25.3. The predicted octanol–water partition coefficient (Wildman–Crippen LogP) is 3.63. The molecular weight excluding hydrogens is 372 g/mol. The molecule has 0 aromatic heterocycles. The van der Waals surface area contributed by atoms with Crippen molar-refractivity contribution < 1.29 is 13.2 Å². The van der Waals surface area contributed by atoms with Crippen molar-refractivity contribution in [3.05, 3.63) is 28.8 Å². The van der Waals surface area contributed by atoms with Gasteiger partial charge in [0.25, 0.3) is 5.91 Å². The molecule has 2 heterocycles. The van der Waals surface area contributed by atoms with Crippen LogP contribution in [-0.4, -0.2) is 49.7 Å². The van der Waals surface area contributed by atoms with Crippen molar-refractivity contribution in [1.29, 1.82) is 0 Å². The highest BCUT2D eigenvalue weighted by molar-refractivity contribution is 7.89. The van der Waals surface area contributed by atoms with Crippen molar-refractivity contribution in [2.75, 3.05) is 26.2 Å². The molecule has 144 valence electrons. The van der Waals surface area contributed by atoms with Gasteiger partial charge in [0, 0.05) is 26.2 Å². The van der Waals surface area contributed by atoms with Crippen LogP contribution in [0.3, 0.4) is 0 Å². The number of sulfonamides is 1. The smallest absolute Gasteiger partial charge is 0.255 e. The topological polar surface area (TPSA) is 57.7 Å². The summed E-state index contributed by atoms with van der Waals surface area (Å²) >= 11 is 6.26. The van der Waals surface area contributed by atoms with Crippen LogP contribution in [0.25, 0.3) is 0 Å². The number of carbonyl (C=O) groups is 1. The van der Waals surface area contributed by atoms with Crippen LogP contribution in [0.5, 0.6) is 0 Å². The fourth-order valence-corrected chi connectivity index (χ4v) is 5.82. The monoisotopic (exact) mass is 398 g/mol. The molecule has 1 aromatic rings. The van der Waals surface area contributed by atoms with E-state index in [2.05, 4.69) is 13.8 Å². The zero-order chi connectivity index (χ0) is 18.9. The summed E-state index contributed by atoms with van der Waals surface area (Å²) in [4.78, 5) is 15.0. The van der Waals surface area contributed by atoms with Crippen molar-refractivity contribution in [2.45, 2.75) is 44.4 Å². The zero-order valence-corrected chi connectivity index (χ0v) is 17.0. The summed E-state index contributed by atoms with van der Waals surface area (Å²) in [5, 5.41) is 0.304.